The Hall–Kier alpha value is -3.05. The van der Waals surface area contributed by atoms with Crippen LogP contribution in [0.25, 0.3) is 0 Å². The number of carbonyl (C=O) groups excluding carboxylic acids is 3. The third-order valence-electron chi connectivity index (χ3n) is 4.74. The van der Waals surface area contributed by atoms with E-state index in [4.69, 9.17) is 11.6 Å². The van der Waals surface area contributed by atoms with Gasteiger partial charge in [0.15, 0.2) is 5.01 Å². The summed E-state index contributed by atoms with van der Waals surface area (Å²) in [5, 5.41) is 8.55. The molecule has 0 unspecified atom stereocenters. The third-order valence-corrected chi connectivity index (χ3v) is 6.08. The lowest BCUT2D eigenvalue weighted by molar-refractivity contribution is -0.132. The summed E-state index contributed by atoms with van der Waals surface area (Å²) in [6.45, 7) is 1.66. The summed E-state index contributed by atoms with van der Waals surface area (Å²) in [5.41, 5.74) is 1.87. The summed E-state index contributed by atoms with van der Waals surface area (Å²) in [6.07, 6.45) is 3.64. The second-order valence-electron chi connectivity index (χ2n) is 7.17. The highest BCUT2D eigenvalue weighted by atomic mass is 35.5. The molecule has 0 bridgehead atoms. The van der Waals surface area contributed by atoms with Crippen LogP contribution >= 0.6 is 35.3 Å². The van der Waals surface area contributed by atoms with E-state index in [1.165, 1.54) is 29.8 Å². The SMILES string of the molecule is CN1CCc2nc(C(=O)Nc3cnccc3NC(=O)C(=O)Nc3ccc(Cl)cc3)sc2C1.Cl. The van der Waals surface area contributed by atoms with Gasteiger partial charge in [0, 0.05) is 41.3 Å². The minimum Gasteiger partial charge on any atom is -0.318 e. The molecule has 9 nitrogen and oxygen atoms in total. The number of aromatic nitrogens is 2. The minimum atomic E-state index is -0.894. The van der Waals surface area contributed by atoms with Gasteiger partial charge in [-0.25, -0.2) is 4.98 Å². The molecule has 3 N–H and O–H groups in total. The Kier molecular flexibility index (Phi) is 7.98. The van der Waals surface area contributed by atoms with E-state index in [1.54, 1.807) is 24.3 Å². The molecule has 0 aliphatic carbocycles. The van der Waals surface area contributed by atoms with Crippen LogP contribution < -0.4 is 16.0 Å². The number of hydrogen-bond donors (Lipinski definition) is 3. The van der Waals surface area contributed by atoms with Crippen molar-refractivity contribution in [2.24, 2.45) is 0 Å². The van der Waals surface area contributed by atoms with Crippen molar-refractivity contribution in [3.05, 3.63) is 63.3 Å². The number of hydrogen-bond acceptors (Lipinski definition) is 7. The zero-order valence-electron chi connectivity index (χ0n) is 17.4. The second kappa shape index (κ2) is 10.7. The number of pyridine rings is 1. The fraction of sp³-hybridized carbons (Fsp3) is 0.190. The molecule has 1 aliphatic heterocycles. The molecular formula is C21H20Cl2N6O3S. The molecule has 0 saturated carbocycles. The molecule has 0 radical (unpaired) electrons. The van der Waals surface area contributed by atoms with Crippen molar-refractivity contribution in [2.45, 2.75) is 13.0 Å². The molecule has 172 valence electrons. The Balaban J connectivity index is 0.00000306. The van der Waals surface area contributed by atoms with Gasteiger partial charge < -0.3 is 20.9 Å². The molecule has 3 heterocycles. The van der Waals surface area contributed by atoms with Gasteiger partial charge >= 0.3 is 11.8 Å². The van der Waals surface area contributed by atoms with E-state index >= 15 is 0 Å². The van der Waals surface area contributed by atoms with Crippen LogP contribution in [0, 0.1) is 0 Å². The predicted molar refractivity (Wildman–Crippen MR) is 130 cm³/mol. The number of benzene rings is 1. The van der Waals surface area contributed by atoms with E-state index in [1.807, 2.05) is 7.05 Å². The highest BCUT2D eigenvalue weighted by molar-refractivity contribution is 7.13. The third kappa shape index (κ3) is 6.05. The molecule has 1 aliphatic rings. The van der Waals surface area contributed by atoms with Crippen LogP contribution in [0.5, 0.6) is 0 Å². The van der Waals surface area contributed by atoms with Gasteiger partial charge in [-0.15, -0.1) is 23.7 Å². The summed E-state index contributed by atoms with van der Waals surface area (Å²) >= 11 is 7.17. The molecule has 4 rings (SSSR count). The number of carbonyl (C=O) groups is 3. The van der Waals surface area contributed by atoms with Gasteiger partial charge in [-0.05, 0) is 37.4 Å². The summed E-state index contributed by atoms with van der Waals surface area (Å²) in [7, 11) is 2.02. The summed E-state index contributed by atoms with van der Waals surface area (Å²) in [4.78, 5) is 49.0. The molecule has 2 aromatic heterocycles. The van der Waals surface area contributed by atoms with Crippen LogP contribution in [-0.2, 0) is 22.6 Å². The normalized spacial score (nSPS) is 12.8. The van der Waals surface area contributed by atoms with Crippen LogP contribution in [0.15, 0.2) is 42.7 Å². The molecule has 0 fully saturated rings. The highest BCUT2D eigenvalue weighted by Gasteiger charge is 2.22. The quantitative estimate of drug-likeness (QED) is 0.466. The van der Waals surface area contributed by atoms with Crippen LogP contribution in [0.2, 0.25) is 5.02 Å². The molecule has 0 atom stereocenters. The van der Waals surface area contributed by atoms with E-state index in [-0.39, 0.29) is 23.8 Å². The molecule has 3 aromatic rings. The maximum atomic E-state index is 12.7. The first-order valence-corrected chi connectivity index (χ1v) is 10.9. The van der Waals surface area contributed by atoms with Crippen molar-refractivity contribution < 1.29 is 14.4 Å². The van der Waals surface area contributed by atoms with Gasteiger partial charge in [0.25, 0.3) is 5.91 Å². The fourth-order valence-corrected chi connectivity index (χ4v) is 4.31. The number of nitrogens with one attached hydrogen (secondary N) is 3. The van der Waals surface area contributed by atoms with Gasteiger partial charge in [-0.3, -0.25) is 19.4 Å². The number of thiazole rings is 1. The maximum absolute atomic E-state index is 12.7. The first-order valence-electron chi connectivity index (χ1n) is 9.69. The topological polar surface area (TPSA) is 116 Å². The van der Waals surface area contributed by atoms with Crippen LogP contribution in [0.4, 0.5) is 17.1 Å². The van der Waals surface area contributed by atoms with Gasteiger partial charge in [0.2, 0.25) is 0 Å². The summed E-state index contributed by atoms with van der Waals surface area (Å²) < 4.78 is 0. The van der Waals surface area contributed by atoms with Crippen molar-refractivity contribution >= 4 is 70.1 Å². The van der Waals surface area contributed by atoms with Crippen LogP contribution in [0.3, 0.4) is 0 Å². The Labute approximate surface area is 205 Å². The number of likely N-dealkylation sites (N-methyl/N-ethyl adjacent to an activating group) is 1. The molecular weight excluding hydrogens is 487 g/mol. The zero-order valence-corrected chi connectivity index (χ0v) is 19.8. The van der Waals surface area contributed by atoms with Gasteiger partial charge in [0.1, 0.15) is 0 Å². The summed E-state index contributed by atoms with van der Waals surface area (Å²) in [5.74, 6) is -2.16. The molecule has 33 heavy (non-hydrogen) atoms. The molecule has 0 saturated heterocycles. The average molecular weight is 507 g/mol. The lowest BCUT2D eigenvalue weighted by Crippen LogP contribution is -2.29. The summed E-state index contributed by atoms with van der Waals surface area (Å²) in [6, 6.07) is 7.85. The lowest BCUT2D eigenvalue weighted by Gasteiger charge is -2.20. The minimum absolute atomic E-state index is 0. The monoisotopic (exact) mass is 506 g/mol. The van der Waals surface area contributed by atoms with Crippen LogP contribution in [-0.4, -0.2) is 46.2 Å². The Morgan fingerprint density at radius 1 is 1.03 bits per heavy atom. The number of halogens is 2. The molecule has 1 aromatic carbocycles. The highest BCUT2D eigenvalue weighted by Crippen LogP contribution is 2.26. The van der Waals surface area contributed by atoms with Gasteiger partial charge in [0.05, 0.1) is 23.3 Å². The van der Waals surface area contributed by atoms with Crippen molar-refractivity contribution in [2.75, 3.05) is 29.5 Å². The predicted octanol–water partition coefficient (Wildman–Crippen LogP) is 3.43. The Morgan fingerprint density at radius 3 is 2.52 bits per heavy atom. The smallest absolute Gasteiger partial charge is 0.314 e. The standard InChI is InChI=1S/C21H19ClN6O3S.ClH/c1-28-9-7-15-17(11-28)32-21(27-15)20(31)26-16-10-23-8-6-14(16)25-19(30)18(29)24-13-4-2-12(22)3-5-13;/h2-6,8,10H,7,9,11H2,1H3,(H,24,29)(H,26,31)(H,23,25,30);1H. The van der Waals surface area contributed by atoms with Crippen LogP contribution in [0.1, 0.15) is 20.4 Å². The second-order valence-corrected chi connectivity index (χ2v) is 8.69. The lowest BCUT2D eigenvalue weighted by atomic mass is 10.2. The first kappa shape index (κ1) is 24.6. The van der Waals surface area contributed by atoms with Crippen molar-refractivity contribution in [3.8, 4) is 0 Å². The maximum Gasteiger partial charge on any atom is 0.314 e. The van der Waals surface area contributed by atoms with Crippen molar-refractivity contribution in [3.63, 3.8) is 0 Å². The fourth-order valence-electron chi connectivity index (χ4n) is 3.10. The van der Waals surface area contributed by atoms with E-state index in [0.29, 0.717) is 15.7 Å². The van der Waals surface area contributed by atoms with E-state index in [9.17, 15) is 14.4 Å². The zero-order chi connectivity index (χ0) is 22.7. The molecule has 0 spiro atoms. The van der Waals surface area contributed by atoms with E-state index in [0.717, 1.165) is 30.1 Å². The number of rotatable bonds is 4. The van der Waals surface area contributed by atoms with E-state index in [2.05, 4.69) is 30.8 Å². The van der Waals surface area contributed by atoms with Crippen molar-refractivity contribution in [1.29, 1.82) is 0 Å². The first-order chi connectivity index (χ1) is 15.4. The van der Waals surface area contributed by atoms with Gasteiger partial charge in [-0.2, -0.15) is 0 Å². The van der Waals surface area contributed by atoms with E-state index < -0.39 is 17.7 Å². The Bertz CT molecular complexity index is 1180. The average Bonchev–Trinajstić information content (AvgIpc) is 3.20. The number of fused-ring (bicyclic) bond motifs is 1. The van der Waals surface area contributed by atoms with Gasteiger partial charge in [-0.1, -0.05) is 11.6 Å². The number of amides is 3. The Morgan fingerprint density at radius 2 is 1.76 bits per heavy atom. The van der Waals surface area contributed by atoms with Crippen molar-refractivity contribution in [1.82, 2.24) is 14.9 Å². The number of nitrogens with zero attached hydrogens (tertiary/aromatic N) is 3. The molecule has 3 amide bonds. The molecule has 12 heteroatoms. The largest absolute Gasteiger partial charge is 0.318 e. The number of anilines is 3.